The number of amides is 1. The fourth-order valence-electron chi connectivity index (χ4n) is 2.03. The zero-order chi connectivity index (χ0) is 15.6. The molecular weight excluding hydrogens is 280 g/mol. The maximum absolute atomic E-state index is 12.3. The van der Waals surface area contributed by atoms with Crippen molar-refractivity contribution in [1.29, 1.82) is 0 Å². The molecule has 1 N–H and O–H groups in total. The van der Waals surface area contributed by atoms with Crippen molar-refractivity contribution in [3.8, 4) is 5.75 Å². The Hall–Kier alpha value is -2.64. The number of rotatable bonds is 6. The number of hydrogen-bond donors (Lipinski definition) is 1. The molecule has 21 heavy (non-hydrogen) atoms. The summed E-state index contributed by atoms with van der Waals surface area (Å²) in [7, 11) is 1.27. The van der Waals surface area contributed by atoms with Gasteiger partial charge < -0.3 is 14.7 Å². The van der Waals surface area contributed by atoms with Crippen LogP contribution in [0.4, 0.5) is 5.69 Å². The van der Waals surface area contributed by atoms with Gasteiger partial charge in [0, 0.05) is 23.7 Å². The summed E-state index contributed by atoms with van der Waals surface area (Å²) < 4.78 is 4.91. The molecule has 0 atom stereocenters. The van der Waals surface area contributed by atoms with Gasteiger partial charge in [-0.1, -0.05) is 0 Å². The Morgan fingerprint density at radius 2 is 2.14 bits per heavy atom. The Morgan fingerprint density at radius 1 is 1.48 bits per heavy atom. The number of nitrogens with zero attached hydrogens (tertiary/aromatic N) is 2. The molecule has 0 spiro atoms. The van der Waals surface area contributed by atoms with Crippen LogP contribution in [0, 0.1) is 10.1 Å². The van der Waals surface area contributed by atoms with Crippen molar-refractivity contribution in [2.75, 3.05) is 13.7 Å². The second kappa shape index (κ2) is 5.78. The topological polar surface area (TPSA) is 110 Å². The second-order valence-electron chi connectivity index (χ2n) is 4.70. The van der Waals surface area contributed by atoms with E-state index in [0.29, 0.717) is 0 Å². The summed E-state index contributed by atoms with van der Waals surface area (Å²) in [5.41, 5.74) is -0.0733. The minimum absolute atomic E-state index is 0.0306. The second-order valence-corrected chi connectivity index (χ2v) is 4.70. The summed E-state index contributed by atoms with van der Waals surface area (Å²) in [4.78, 5) is 34.7. The summed E-state index contributed by atoms with van der Waals surface area (Å²) in [6, 6.07) is 3.67. The quantitative estimate of drug-likeness (QED) is 0.625. The van der Waals surface area contributed by atoms with Gasteiger partial charge in [0.1, 0.15) is 6.54 Å². The average molecular weight is 294 g/mol. The fraction of sp³-hybridized carbons (Fsp3) is 0.385. The molecule has 8 nitrogen and oxygen atoms in total. The Balaban J connectivity index is 2.29. The predicted octanol–water partition coefficient (Wildman–Crippen LogP) is 1.29. The molecule has 1 aromatic rings. The Kier molecular flexibility index (Phi) is 4.06. The summed E-state index contributed by atoms with van der Waals surface area (Å²) in [5, 5.41) is 19.7. The molecule has 0 unspecified atom stereocenters. The highest BCUT2D eigenvalue weighted by atomic mass is 16.6. The van der Waals surface area contributed by atoms with E-state index in [1.165, 1.54) is 30.2 Å². The van der Waals surface area contributed by atoms with Gasteiger partial charge in [0.05, 0.1) is 12.0 Å². The largest absolute Gasteiger partial charge is 0.490 e. The van der Waals surface area contributed by atoms with Gasteiger partial charge >= 0.3 is 11.7 Å². The van der Waals surface area contributed by atoms with Crippen LogP contribution in [0.5, 0.6) is 5.75 Å². The third-order valence-electron chi connectivity index (χ3n) is 3.18. The number of aliphatic carboxylic acids is 1. The third-order valence-corrected chi connectivity index (χ3v) is 3.18. The van der Waals surface area contributed by atoms with E-state index in [-0.39, 0.29) is 29.6 Å². The van der Waals surface area contributed by atoms with Gasteiger partial charge in [-0.05, 0) is 18.9 Å². The van der Waals surface area contributed by atoms with Crippen LogP contribution in [0.25, 0.3) is 0 Å². The lowest BCUT2D eigenvalue weighted by molar-refractivity contribution is -0.385. The van der Waals surface area contributed by atoms with Crippen molar-refractivity contribution in [3.05, 3.63) is 33.9 Å². The van der Waals surface area contributed by atoms with Gasteiger partial charge in [0.2, 0.25) is 0 Å². The van der Waals surface area contributed by atoms with Gasteiger partial charge in [0.15, 0.2) is 5.75 Å². The van der Waals surface area contributed by atoms with Crippen LogP contribution >= 0.6 is 0 Å². The van der Waals surface area contributed by atoms with Crippen molar-refractivity contribution in [1.82, 2.24) is 4.90 Å². The highest BCUT2D eigenvalue weighted by molar-refractivity contribution is 5.97. The number of nitro groups is 1. The minimum Gasteiger partial charge on any atom is -0.490 e. The smallest absolute Gasteiger partial charge is 0.323 e. The van der Waals surface area contributed by atoms with Crippen LogP contribution in [0.15, 0.2) is 18.2 Å². The van der Waals surface area contributed by atoms with Crippen LogP contribution in [0.1, 0.15) is 23.2 Å². The maximum Gasteiger partial charge on any atom is 0.323 e. The van der Waals surface area contributed by atoms with Crippen molar-refractivity contribution < 1.29 is 24.4 Å². The molecule has 0 radical (unpaired) electrons. The van der Waals surface area contributed by atoms with Gasteiger partial charge in [0.25, 0.3) is 5.91 Å². The number of ether oxygens (including phenoxy) is 1. The van der Waals surface area contributed by atoms with E-state index in [1.807, 2.05) is 0 Å². The van der Waals surface area contributed by atoms with Gasteiger partial charge in [-0.15, -0.1) is 0 Å². The molecule has 1 amide bonds. The molecule has 0 aromatic heterocycles. The minimum atomic E-state index is -1.09. The molecule has 0 bridgehead atoms. The SMILES string of the molecule is COc1cc(C(=O)N(CC(=O)O)C2CC2)ccc1[N+](=O)[O-]. The molecule has 1 saturated carbocycles. The molecule has 0 aliphatic heterocycles. The lowest BCUT2D eigenvalue weighted by Crippen LogP contribution is -2.37. The first kappa shape index (κ1) is 14.8. The maximum atomic E-state index is 12.3. The summed E-state index contributed by atoms with van der Waals surface area (Å²) in [5.74, 6) is -1.59. The Labute approximate surface area is 120 Å². The van der Waals surface area contributed by atoms with E-state index in [4.69, 9.17) is 9.84 Å². The molecular formula is C13H14N2O6. The molecule has 1 aliphatic carbocycles. The van der Waals surface area contributed by atoms with Crippen molar-refractivity contribution in [2.45, 2.75) is 18.9 Å². The lowest BCUT2D eigenvalue weighted by atomic mass is 10.1. The van der Waals surface area contributed by atoms with Gasteiger partial charge in [-0.2, -0.15) is 0 Å². The van der Waals surface area contributed by atoms with Crippen molar-refractivity contribution in [2.24, 2.45) is 0 Å². The number of carbonyl (C=O) groups excluding carboxylic acids is 1. The summed E-state index contributed by atoms with van der Waals surface area (Å²) in [6.45, 7) is -0.386. The molecule has 2 rings (SSSR count). The normalized spacial score (nSPS) is 13.6. The van der Waals surface area contributed by atoms with Crippen LogP contribution in [-0.4, -0.2) is 46.5 Å². The van der Waals surface area contributed by atoms with Crippen LogP contribution in [-0.2, 0) is 4.79 Å². The molecule has 0 saturated heterocycles. The van der Waals surface area contributed by atoms with E-state index < -0.39 is 16.8 Å². The number of carboxylic acid groups (broad SMARTS) is 1. The van der Waals surface area contributed by atoms with E-state index >= 15 is 0 Å². The van der Waals surface area contributed by atoms with Crippen LogP contribution in [0.2, 0.25) is 0 Å². The molecule has 8 heteroatoms. The highest BCUT2D eigenvalue weighted by Gasteiger charge is 2.34. The molecule has 0 heterocycles. The predicted molar refractivity (Wildman–Crippen MR) is 71.3 cm³/mol. The van der Waals surface area contributed by atoms with E-state index in [0.717, 1.165) is 12.8 Å². The number of methoxy groups -OCH3 is 1. The van der Waals surface area contributed by atoms with Crippen LogP contribution < -0.4 is 4.74 Å². The molecule has 112 valence electrons. The summed E-state index contributed by atoms with van der Waals surface area (Å²) in [6.07, 6.45) is 1.53. The van der Waals surface area contributed by atoms with Crippen molar-refractivity contribution >= 4 is 17.6 Å². The first-order valence-corrected chi connectivity index (χ1v) is 6.29. The summed E-state index contributed by atoms with van der Waals surface area (Å²) >= 11 is 0. The van der Waals surface area contributed by atoms with Crippen molar-refractivity contribution in [3.63, 3.8) is 0 Å². The standard InChI is InChI=1S/C13H14N2O6/c1-21-11-6-8(2-5-10(11)15(19)20)13(18)14(7-12(16)17)9-3-4-9/h2,5-6,9H,3-4,7H2,1H3,(H,16,17). The molecule has 1 aliphatic rings. The first-order chi connectivity index (χ1) is 9.93. The Morgan fingerprint density at radius 3 is 2.62 bits per heavy atom. The monoisotopic (exact) mass is 294 g/mol. The zero-order valence-electron chi connectivity index (χ0n) is 11.3. The van der Waals surface area contributed by atoms with E-state index in [9.17, 15) is 19.7 Å². The number of nitro benzene ring substituents is 1. The zero-order valence-corrected chi connectivity index (χ0v) is 11.3. The van der Waals surface area contributed by atoms with E-state index in [2.05, 4.69) is 0 Å². The number of carbonyl (C=O) groups is 2. The first-order valence-electron chi connectivity index (χ1n) is 6.29. The Bertz CT molecular complexity index is 596. The fourth-order valence-corrected chi connectivity index (χ4v) is 2.03. The third kappa shape index (κ3) is 3.28. The number of benzene rings is 1. The highest BCUT2D eigenvalue weighted by Crippen LogP contribution is 2.31. The van der Waals surface area contributed by atoms with Gasteiger partial charge in [-0.25, -0.2) is 0 Å². The van der Waals surface area contributed by atoms with Gasteiger partial charge in [-0.3, -0.25) is 19.7 Å². The number of carboxylic acids is 1. The number of hydrogen-bond acceptors (Lipinski definition) is 5. The lowest BCUT2D eigenvalue weighted by Gasteiger charge is -2.20. The molecule has 1 fully saturated rings. The molecule has 1 aromatic carbocycles. The van der Waals surface area contributed by atoms with Crippen LogP contribution in [0.3, 0.4) is 0 Å². The average Bonchev–Trinajstić information content (AvgIpc) is 3.27. The van der Waals surface area contributed by atoms with E-state index in [1.54, 1.807) is 0 Å².